The summed E-state index contributed by atoms with van der Waals surface area (Å²) >= 11 is -1.36. The number of benzene rings is 1. The van der Waals surface area contributed by atoms with E-state index in [0.717, 1.165) is 16.7 Å². The smallest absolute Gasteiger partial charge is 0.344 e. The van der Waals surface area contributed by atoms with Crippen LogP contribution in [-0.4, -0.2) is 38.5 Å². The Kier molecular flexibility index (Phi) is 6.74. The third-order valence-electron chi connectivity index (χ3n) is 3.56. The normalized spacial score (nSPS) is 11.9. The van der Waals surface area contributed by atoms with Gasteiger partial charge < -0.3 is 19.7 Å². The van der Waals surface area contributed by atoms with Crippen molar-refractivity contribution in [2.45, 2.75) is 32.2 Å². The van der Waals surface area contributed by atoms with Gasteiger partial charge in [-0.3, -0.25) is 0 Å². The molecule has 134 valence electrons. The molecule has 0 saturated heterocycles. The number of aliphatic hydroxyl groups is 1. The number of aliphatic hydroxyl groups excluding tert-OH is 1. The molecule has 0 radical (unpaired) electrons. The van der Waals surface area contributed by atoms with Gasteiger partial charge in [0.15, 0.2) is 0 Å². The molecule has 1 unspecified atom stereocenters. The fourth-order valence-electron chi connectivity index (χ4n) is 2.23. The van der Waals surface area contributed by atoms with Crippen molar-refractivity contribution in [3.8, 4) is 0 Å². The van der Waals surface area contributed by atoms with Crippen molar-refractivity contribution in [2.24, 2.45) is 0 Å². The number of aryl methyl sites for hydroxylation is 1. The molecule has 0 spiro atoms. The van der Waals surface area contributed by atoms with E-state index in [1.807, 2.05) is 25.1 Å². The molecule has 0 aliphatic carbocycles. The van der Waals surface area contributed by atoms with Crippen LogP contribution in [-0.2, 0) is 29.1 Å². The Morgan fingerprint density at radius 3 is 2.80 bits per heavy atom. The predicted molar refractivity (Wildman–Crippen MR) is 94.7 cm³/mol. The Labute approximate surface area is 149 Å². The number of ether oxygens (including phenoxy) is 1. The summed E-state index contributed by atoms with van der Waals surface area (Å²) in [5.41, 5.74) is 2.99. The zero-order valence-electron chi connectivity index (χ0n) is 14.4. The highest BCUT2D eigenvalue weighted by molar-refractivity contribution is 7.90. The van der Waals surface area contributed by atoms with Gasteiger partial charge in [0.25, 0.3) is 0 Å². The molecule has 2 rings (SSSR count). The molecular formula is C17H21N3O4S. The van der Waals surface area contributed by atoms with E-state index in [-0.39, 0.29) is 29.8 Å². The summed E-state index contributed by atoms with van der Waals surface area (Å²) in [6, 6.07) is 5.68. The van der Waals surface area contributed by atoms with Gasteiger partial charge in [0.2, 0.25) is 0 Å². The summed E-state index contributed by atoms with van der Waals surface area (Å²) in [7, 11) is 0. The lowest BCUT2D eigenvalue weighted by Gasteiger charge is -2.12. The van der Waals surface area contributed by atoms with E-state index < -0.39 is 17.1 Å². The molecule has 8 heteroatoms. The molecule has 7 nitrogen and oxygen atoms in total. The monoisotopic (exact) mass is 363 g/mol. The molecular weight excluding hydrogens is 342 g/mol. The average molecular weight is 363 g/mol. The van der Waals surface area contributed by atoms with Gasteiger partial charge in [-0.1, -0.05) is 18.2 Å². The third kappa shape index (κ3) is 4.91. The fourth-order valence-corrected chi connectivity index (χ4v) is 2.65. The van der Waals surface area contributed by atoms with Crippen LogP contribution in [0.2, 0.25) is 0 Å². The van der Waals surface area contributed by atoms with E-state index in [0.29, 0.717) is 6.54 Å². The first kappa shape index (κ1) is 19.2. The highest BCUT2D eigenvalue weighted by Gasteiger charge is 2.19. The minimum Gasteiger partial charge on any atom is -0.609 e. The van der Waals surface area contributed by atoms with Crippen molar-refractivity contribution in [1.82, 2.24) is 9.97 Å². The largest absolute Gasteiger partial charge is 0.609 e. The number of esters is 1. The van der Waals surface area contributed by atoms with Gasteiger partial charge >= 0.3 is 11.1 Å². The topological polar surface area (TPSA) is 107 Å². The standard InChI is InChI=1S/C17H21N3O4S/c1-4-24-16(22)14-9-19-17(25(3)23)20-15(14)18-8-12-5-6-13(10-21)11(2)7-12/h5-7,9,21H,4,8,10H2,1-3H3,(H,18,19,20). The summed E-state index contributed by atoms with van der Waals surface area (Å²) in [6.45, 7) is 4.27. The second-order valence-electron chi connectivity index (χ2n) is 5.36. The maximum absolute atomic E-state index is 12.0. The fraction of sp³-hybridized carbons (Fsp3) is 0.353. The number of nitrogens with one attached hydrogen (secondary N) is 1. The summed E-state index contributed by atoms with van der Waals surface area (Å²) in [4.78, 5) is 20.2. The van der Waals surface area contributed by atoms with E-state index in [1.165, 1.54) is 12.5 Å². The molecule has 1 aromatic heterocycles. The first-order chi connectivity index (χ1) is 12.0. The molecule has 0 amide bonds. The number of anilines is 1. The second kappa shape index (κ2) is 8.80. The maximum Gasteiger partial charge on any atom is 0.344 e. The number of aromatic nitrogens is 2. The van der Waals surface area contributed by atoms with E-state index in [2.05, 4.69) is 15.3 Å². The average Bonchev–Trinajstić information content (AvgIpc) is 2.60. The first-order valence-corrected chi connectivity index (χ1v) is 9.32. The maximum atomic E-state index is 12.0. The highest BCUT2D eigenvalue weighted by atomic mass is 32.2. The Bertz CT molecular complexity index is 753. The molecule has 1 aromatic carbocycles. The van der Waals surface area contributed by atoms with Crippen LogP contribution in [0.5, 0.6) is 0 Å². The summed E-state index contributed by atoms with van der Waals surface area (Å²) in [6.07, 6.45) is 2.80. The third-order valence-corrected chi connectivity index (χ3v) is 4.27. The van der Waals surface area contributed by atoms with Gasteiger partial charge in [-0.15, -0.1) is 0 Å². The Balaban J connectivity index is 2.25. The predicted octanol–water partition coefficient (Wildman–Crippen LogP) is 1.80. The Hall–Kier alpha value is -2.16. The van der Waals surface area contributed by atoms with Gasteiger partial charge in [0.1, 0.15) is 17.6 Å². The van der Waals surface area contributed by atoms with E-state index in [9.17, 15) is 14.5 Å². The van der Waals surface area contributed by atoms with Crippen LogP contribution in [0.1, 0.15) is 34.0 Å². The number of carbonyl (C=O) groups excluding carboxylic acids is 1. The molecule has 0 aliphatic rings. The molecule has 0 aliphatic heterocycles. The minimum absolute atomic E-state index is 0.00979. The van der Waals surface area contributed by atoms with Gasteiger partial charge in [0.05, 0.1) is 19.4 Å². The summed E-state index contributed by atoms with van der Waals surface area (Å²) < 4.78 is 16.6. The van der Waals surface area contributed by atoms with Crippen LogP contribution in [0.3, 0.4) is 0 Å². The van der Waals surface area contributed by atoms with Crippen molar-refractivity contribution in [3.05, 3.63) is 46.6 Å². The van der Waals surface area contributed by atoms with Crippen molar-refractivity contribution >= 4 is 23.0 Å². The zero-order chi connectivity index (χ0) is 18.4. The molecule has 25 heavy (non-hydrogen) atoms. The summed E-state index contributed by atoms with van der Waals surface area (Å²) in [5.74, 6) is -0.257. The lowest BCUT2D eigenvalue weighted by molar-refractivity contribution is 0.0526. The zero-order valence-corrected chi connectivity index (χ0v) is 15.2. The van der Waals surface area contributed by atoms with E-state index in [4.69, 9.17) is 4.74 Å². The van der Waals surface area contributed by atoms with Crippen molar-refractivity contribution in [3.63, 3.8) is 0 Å². The van der Waals surface area contributed by atoms with Gasteiger partial charge in [-0.2, -0.15) is 9.97 Å². The highest BCUT2D eigenvalue weighted by Crippen LogP contribution is 2.18. The Morgan fingerprint density at radius 1 is 1.44 bits per heavy atom. The quantitative estimate of drug-likeness (QED) is 0.439. The molecule has 0 bridgehead atoms. The lowest BCUT2D eigenvalue weighted by Crippen LogP contribution is -2.15. The van der Waals surface area contributed by atoms with Crippen LogP contribution in [0.15, 0.2) is 29.6 Å². The number of rotatable bonds is 7. The van der Waals surface area contributed by atoms with Crippen molar-refractivity contribution < 1.29 is 19.2 Å². The molecule has 2 N–H and O–H groups in total. The number of hydrogen-bond acceptors (Lipinski definition) is 7. The lowest BCUT2D eigenvalue weighted by atomic mass is 10.1. The number of nitrogens with zero attached hydrogens (tertiary/aromatic N) is 2. The van der Waals surface area contributed by atoms with E-state index >= 15 is 0 Å². The second-order valence-corrected chi connectivity index (χ2v) is 6.64. The first-order valence-electron chi connectivity index (χ1n) is 7.77. The number of carbonyl (C=O) groups is 1. The molecule has 1 heterocycles. The van der Waals surface area contributed by atoms with Crippen LogP contribution in [0, 0.1) is 6.92 Å². The SMILES string of the molecule is CCOC(=O)c1cnc([S+](C)[O-])nc1NCc1ccc(CO)c(C)c1. The van der Waals surface area contributed by atoms with Crippen LogP contribution >= 0.6 is 0 Å². The molecule has 2 aromatic rings. The molecule has 0 fully saturated rings. The van der Waals surface area contributed by atoms with Crippen LogP contribution < -0.4 is 5.32 Å². The van der Waals surface area contributed by atoms with Crippen molar-refractivity contribution in [1.29, 1.82) is 0 Å². The number of hydrogen-bond donors (Lipinski definition) is 2. The summed E-state index contributed by atoms with van der Waals surface area (Å²) in [5, 5.41) is 12.5. The van der Waals surface area contributed by atoms with Gasteiger partial charge in [-0.05, 0) is 30.5 Å². The van der Waals surface area contributed by atoms with E-state index in [1.54, 1.807) is 6.92 Å². The van der Waals surface area contributed by atoms with Crippen molar-refractivity contribution in [2.75, 3.05) is 18.2 Å². The Morgan fingerprint density at radius 2 is 2.20 bits per heavy atom. The van der Waals surface area contributed by atoms with Gasteiger partial charge in [-0.25, -0.2) is 4.79 Å². The molecule has 0 saturated carbocycles. The van der Waals surface area contributed by atoms with Gasteiger partial charge in [0, 0.05) is 17.7 Å². The van der Waals surface area contributed by atoms with Crippen LogP contribution in [0.4, 0.5) is 5.82 Å². The minimum atomic E-state index is -1.36. The molecule has 1 atom stereocenters. The van der Waals surface area contributed by atoms with Crippen LogP contribution in [0.25, 0.3) is 0 Å².